The summed E-state index contributed by atoms with van der Waals surface area (Å²) in [5.41, 5.74) is 5.69. The molecule has 0 nitrogen and oxygen atoms in total. The molecule has 1 fully saturated rings. The van der Waals surface area contributed by atoms with E-state index < -0.39 is 0 Å². The van der Waals surface area contributed by atoms with Crippen molar-refractivity contribution in [2.24, 2.45) is 5.92 Å². The van der Waals surface area contributed by atoms with Gasteiger partial charge in [0.05, 0.1) is 0 Å². The quantitative estimate of drug-likeness (QED) is 0.247. The first-order chi connectivity index (χ1) is 15.8. The molecule has 1 aliphatic rings. The van der Waals surface area contributed by atoms with Crippen LogP contribution in [-0.4, -0.2) is 0 Å². The van der Waals surface area contributed by atoms with Gasteiger partial charge in [-0.3, -0.25) is 0 Å². The summed E-state index contributed by atoms with van der Waals surface area (Å²) in [5, 5.41) is 0. The van der Waals surface area contributed by atoms with E-state index in [2.05, 4.69) is 74.2 Å². The molecule has 0 heterocycles. The van der Waals surface area contributed by atoms with Crippen molar-refractivity contribution in [3.05, 3.63) is 70.8 Å². The number of benzene rings is 2. The van der Waals surface area contributed by atoms with E-state index in [0.717, 1.165) is 5.92 Å². The second-order valence-corrected chi connectivity index (χ2v) is 9.88. The molecule has 0 N–H and O–H groups in total. The second-order valence-electron chi connectivity index (χ2n) is 9.88. The Morgan fingerprint density at radius 1 is 0.625 bits per heavy atom. The summed E-state index contributed by atoms with van der Waals surface area (Å²) in [6, 6.07) is 18.5. The molecule has 0 amide bonds. The van der Waals surface area contributed by atoms with Crippen molar-refractivity contribution in [1.29, 1.82) is 0 Å². The van der Waals surface area contributed by atoms with E-state index in [1.165, 1.54) is 107 Å². The van der Waals surface area contributed by atoms with Crippen LogP contribution in [0.4, 0.5) is 0 Å². The van der Waals surface area contributed by atoms with E-state index in [-0.39, 0.29) is 0 Å². The lowest BCUT2D eigenvalue weighted by Crippen LogP contribution is -2.12. The van der Waals surface area contributed by atoms with Gasteiger partial charge in [0.2, 0.25) is 0 Å². The van der Waals surface area contributed by atoms with Gasteiger partial charge in [-0.2, -0.15) is 0 Å². The lowest BCUT2D eigenvalue weighted by Gasteiger charge is -2.26. The third kappa shape index (κ3) is 8.50. The SMILES string of the molecule is CCCCCCCc1ccc(C#C[C@H]2CC[C@H](c3ccc(CCCCC)cc3)CC2)cc1. The highest BCUT2D eigenvalue weighted by molar-refractivity contribution is 5.37. The van der Waals surface area contributed by atoms with Crippen molar-refractivity contribution in [2.45, 2.75) is 110 Å². The molecular formula is C32H44. The maximum atomic E-state index is 3.58. The van der Waals surface area contributed by atoms with Gasteiger partial charge in [-0.1, -0.05) is 101 Å². The average molecular weight is 429 g/mol. The largest absolute Gasteiger partial charge is 0.0945 e. The molecule has 172 valence electrons. The Morgan fingerprint density at radius 3 is 1.78 bits per heavy atom. The second kappa shape index (κ2) is 14.2. The van der Waals surface area contributed by atoms with Crippen LogP contribution in [0.15, 0.2) is 48.5 Å². The summed E-state index contributed by atoms with van der Waals surface area (Å²) in [5.74, 6) is 8.34. The molecule has 32 heavy (non-hydrogen) atoms. The lowest BCUT2D eigenvalue weighted by molar-refractivity contribution is 0.384. The topological polar surface area (TPSA) is 0 Å². The summed E-state index contributed by atoms with van der Waals surface area (Å²) in [7, 11) is 0. The molecule has 0 atom stereocenters. The molecule has 2 aromatic rings. The van der Waals surface area contributed by atoms with Crippen LogP contribution in [0.5, 0.6) is 0 Å². The number of hydrogen-bond acceptors (Lipinski definition) is 0. The predicted molar refractivity (Wildman–Crippen MR) is 140 cm³/mol. The summed E-state index contributed by atoms with van der Waals surface area (Å²) in [4.78, 5) is 0. The third-order valence-electron chi connectivity index (χ3n) is 7.19. The highest BCUT2D eigenvalue weighted by Gasteiger charge is 2.21. The molecule has 3 rings (SSSR count). The van der Waals surface area contributed by atoms with E-state index >= 15 is 0 Å². The van der Waals surface area contributed by atoms with Crippen molar-refractivity contribution in [3.63, 3.8) is 0 Å². The molecule has 0 radical (unpaired) electrons. The van der Waals surface area contributed by atoms with Gasteiger partial charge in [-0.25, -0.2) is 0 Å². The normalized spacial score (nSPS) is 18.2. The van der Waals surface area contributed by atoms with Crippen LogP contribution in [0.3, 0.4) is 0 Å². The molecule has 1 saturated carbocycles. The first-order valence-electron chi connectivity index (χ1n) is 13.5. The fourth-order valence-electron chi connectivity index (χ4n) is 4.98. The summed E-state index contributed by atoms with van der Waals surface area (Å²) in [6.45, 7) is 4.55. The van der Waals surface area contributed by atoms with Crippen molar-refractivity contribution in [1.82, 2.24) is 0 Å². The molecule has 0 saturated heterocycles. The van der Waals surface area contributed by atoms with Gasteiger partial charge >= 0.3 is 0 Å². The molecular weight excluding hydrogens is 384 g/mol. The Bertz CT molecular complexity index is 807. The molecule has 0 heteroatoms. The predicted octanol–water partition coefficient (Wildman–Crippen LogP) is 9.26. The smallest absolute Gasteiger partial charge is 0.0245 e. The van der Waals surface area contributed by atoms with Gasteiger partial charge in [0.15, 0.2) is 0 Å². The van der Waals surface area contributed by atoms with Crippen LogP contribution in [0, 0.1) is 17.8 Å². The van der Waals surface area contributed by atoms with Gasteiger partial charge in [0.25, 0.3) is 0 Å². The van der Waals surface area contributed by atoms with Crippen LogP contribution in [0.1, 0.15) is 119 Å². The fraction of sp³-hybridized carbons (Fsp3) is 0.562. The van der Waals surface area contributed by atoms with E-state index in [1.54, 1.807) is 5.56 Å². The van der Waals surface area contributed by atoms with Gasteiger partial charge in [0, 0.05) is 11.5 Å². The number of hydrogen-bond donors (Lipinski definition) is 0. The number of rotatable bonds is 11. The van der Waals surface area contributed by atoms with Gasteiger partial charge in [0.1, 0.15) is 0 Å². The van der Waals surface area contributed by atoms with Crippen LogP contribution in [-0.2, 0) is 12.8 Å². The fourth-order valence-corrected chi connectivity index (χ4v) is 4.98. The minimum Gasteiger partial charge on any atom is -0.0945 e. The third-order valence-corrected chi connectivity index (χ3v) is 7.19. The molecule has 0 bridgehead atoms. The standard InChI is InChI=1S/C32H44/c1-3-5-7-8-10-12-27-13-15-29(16-14-27)17-18-30-21-25-32(26-22-30)31-23-19-28(20-24-31)11-9-6-4-2/h13-16,19-20,23-24,30,32H,3-12,21-22,25-26H2,1-2H3/t30-,32-. The van der Waals surface area contributed by atoms with Crippen molar-refractivity contribution < 1.29 is 0 Å². The van der Waals surface area contributed by atoms with Crippen LogP contribution in [0.25, 0.3) is 0 Å². The molecule has 1 aliphatic carbocycles. The Kier molecular flexibility index (Phi) is 10.9. The van der Waals surface area contributed by atoms with Gasteiger partial charge < -0.3 is 0 Å². The summed E-state index contributed by atoms with van der Waals surface area (Å²) in [6.07, 6.45) is 18.2. The van der Waals surface area contributed by atoms with Crippen molar-refractivity contribution >= 4 is 0 Å². The Labute approximate surface area is 198 Å². The Morgan fingerprint density at radius 2 is 1.16 bits per heavy atom. The molecule has 2 aromatic carbocycles. The van der Waals surface area contributed by atoms with E-state index in [0.29, 0.717) is 5.92 Å². The average Bonchev–Trinajstić information content (AvgIpc) is 2.84. The van der Waals surface area contributed by atoms with E-state index in [4.69, 9.17) is 0 Å². The lowest BCUT2D eigenvalue weighted by atomic mass is 9.78. The zero-order chi connectivity index (χ0) is 22.4. The van der Waals surface area contributed by atoms with Crippen molar-refractivity contribution in [2.75, 3.05) is 0 Å². The van der Waals surface area contributed by atoms with E-state index in [9.17, 15) is 0 Å². The highest BCUT2D eigenvalue weighted by atomic mass is 14.2. The molecule has 0 spiro atoms. The molecule has 0 unspecified atom stereocenters. The first-order valence-corrected chi connectivity index (χ1v) is 13.5. The minimum absolute atomic E-state index is 0.567. The van der Waals surface area contributed by atoms with Crippen LogP contribution < -0.4 is 0 Å². The summed E-state index contributed by atoms with van der Waals surface area (Å²) >= 11 is 0. The monoisotopic (exact) mass is 428 g/mol. The van der Waals surface area contributed by atoms with Crippen LogP contribution >= 0.6 is 0 Å². The number of aryl methyl sites for hydroxylation is 2. The molecule has 0 aromatic heterocycles. The van der Waals surface area contributed by atoms with Crippen LogP contribution in [0.2, 0.25) is 0 Å². The van der Waals surface area contributed by atoms with Gasteiger partial charge in [-0.05, 0) is 86.1 Å². The zero-order valence-corrected chi connectivity index (χ0v) is 20.7. The maximum absolute atomic E-state index is 3.58. The highest BCUT2D eigenvalue weighted by Crippen LogP contribution is 2.35. The maximum Gasteiger partial charge on any atom is 0.0245 e. The minimum atomic E-state index is 0.567. The van der Waals surface area contributed by atoms with Crippen molar-refractivity contribution in [3.8, 4) is 11.8 Å². The van der Waals surface area contributed by atoms with Gasteiger partial charge in [-0.15, -0.1) is 0 Å². The Balaban J connectivity index is 1.40. The molecule has 0 aliphatic heterocycles. The zero-order valence-electron chi connectivity index (χ0n) is 20.7. The number of unbranched alkanes of at least 4 members (excludes halogenated alkanes) is 6. The summed E-state index contributed by atoms with van der Waals surface area (Å²) < 4.78 is 0. The van der Waals surface area contributed by atoms with E-state index in [1.807, 2.05) is 0 Å². The first kappa shape index (κ1) is 24.6. The Hall–Kier alpha value is -2.00.